The molecule has 86 valence electrons. The van der Waals surface area contributed by atoms with Gasteiger partial charge < -0.3 is 10.6 Å². The molecule has 1 heterocycles. The lowest BCUT2D eigenvalue weighted by Gasteiger charge is -2.45. The number of hydrogen-bond donors (Lipinski definition) is 1. The maximum Gasteiger partial charge on any atom is 0.242 e. The molecule has 1 aromatic carbocycles. The smallest absolute Gasteiger partial charge is 0.242 e. The number of nitrogens with zero attached hydrogens (tertiary/aromatic N) is 1. The number of nitrogens with two attached hydrogens (primary N) is 1. The number of hydrogen-bond acceptors (Lipinski definition) is 2. The number of likely N-dealkylation sites (tertiary alicyclic amines) is 1. The zero-order chi connectivity index (χ0) is 11.9. The van der Waals surface area contributed by atoms with E-state index in [-0.39, 0.29) is 11.9 Å². The first-order valence-electron chi connectivity index (χ1n) is 5.07. The van der Waals surface area contributed by atoms with Crippen LogP contribution in [0, 0.1) is 0 Å². The van der Waals surface area contributed by atoms with Crippen molar-refractivity contribution in [2.75, 3.05) is 6.54 Å². The second kappa shape index (κ2) is 4.24. The standard InChI is InChI=1S/C11H12Cl2N2O/c1-2-15-10(9(14)11(15)16)7-4-3-6(12)5-8(7)13/h3-5,9-10H,2,14H2,1H3/t9-,10-/m0/s1. The maximum atomic E-state index is 11.5. The summed E-state index contributed by atoms with van der Waals surface area (Å²) in [6, 6.07) is 4.64. The first kappa shape index (κ1) is 11.7. The van der Waals surface area contributed by atoms with E-state index >= 15 is 0 Å². The Morgan fingerprint density at radius 1 is 1.44 bits per heavy atom. The third-order valence-corrected chi connectivity index (χ3v) is 3.43. The Kier molecular flexibility index (Phi) is 3.10. The summed E-state index contributed by atoms with van der Waals surface area (Å²) in [6.45, 7) is 2.55. The molecule has 16 heavy (non-hydrogen) atoms. The highest BCUT2D eigenvalue weighted by atomic mass is 35.5. The van der Waals surface area contributed by atoms with E-state index in [4.69, 9.17) is 28.9 Å². The minimum absolute atomic E-state index is 0.0292. The number of amides is 1. The molecule has 0 aromatic heterocycles. The third-order valence-electron chi connectivity index (χ3n) is 2.87. The van der Waals surface area contributed by atoms with Crippen LogP contribution in [0.1, 0.15) is 18.5 Å². The molecule has 1 saturated heterocycles. The number of halogens is 2. The number of likely N-dealkylation sites (N-methyl/N-ethyl adjacent to an activating group) is 1. The van der Waals surface area contributed by atoms with Crippen LogP contribution in [-0.2, 0) is 4.79 Å². The van der Waals surface area contributed by atoms with Gasteiger partial charge in [0, 0.05) is 16.6 Å². The van der Waals surface area contributed by atoms with Gasteiger partial charge in [-0.25, -0.2) is 0 Å². The molecule has 2 rings (SSSR count). The minimum atomic E-state index is -0.487. The molecule has 0 unspecified atom stereocenters. The average Bonchev–Trinajstić information content (AvgIpc) is 2.26. The lowest BCUT2D eigenvalue weighted by atomic mass is 9.89. The van der Waals surface area contributed by atoms with E-state index in [9.17, 15) is 4.79 Å². The van der Waals surface area contributed by atoms with Gasteiger partial charge in [-0.3, -0.25) is 4.79 Å². The van der Waals surface area contributed by atoms with Crippen LogP contribution in [0.15, 0.2) is 18.2 Å². The number of carbonyl (C=O) groups excluding carboxylic acids is 1. The summed E-state index contributed by atoms with van der Waals surface area (Å²) in [6.07, 6.45) is 0. The second-order valence-electron chi connectivity index (χ2n) is 3.76. The summed E-state index contributed by atoms with van der Waals surface area (Å²) < 4.78 is 0. The quantitative estimate of drug-likeness (QED) is 0.828. The Morgan fingerprint density at radius 2 is 2.12 bits per heavy atom. The van der Waals surface area contributed by atoms with Crippen molar-refractivity contribution in [1.82, 2.24) is 4.90 Å². The van der Waals surface area contributed by atoms with Crippen molar-refractivity contribution < 1.29 is 4.79 Å². The van der Waals surface area contributed by atoms with Gasteiger partial charge in [-0.2, -0.15) is 0 Å². The van der Waals surface area contributed by atoms with Crippen LogP contribution in [-0.4, -0.2) is 23.4 Å². The van der Waals surface area contributed by atoms with Crippen molar-refractivity contribution in [3.05, 3.63) is 33.8 Å². The molecule has 0 aliphatic carbocycles. The van der Waals surface area contributed by atoms with E-state index in [1.54, 1.807) is 17.0 Å². The number of benzene rings is 1. The van der Waals surface area contributed by atoms with Crippen molar-refractivity contribution in [1.29, 1.82) is 0 Å². The van der Waals surface area contributed by atoms with Crippen LogP contribution in [0.2, 0.25) is 10.0 Å². The average molecular weight is 259 g/mol. The third kappa shape index (κ3) is 1.69. The molecule has 1 aromatic rings. The summed E-state index contributed by atoms with van der Waals surface area (Å²) in [4.78, 5) is 13.2. The van der Waals surface area contributed by atoms with Crippen molar-refractivity contribution in [3.8, 4) is 0 Å². The number of rotatable bonds is 2. The van der Waals surface area contributed by atoms with E-state index in [1.165, 1.54) is 0 Å². The van der Waals surface area contributed by atoms with Gasteiger partial charge in [0.1, 0.15) is 6.04 Å². The Morgan fingerprint density at radius 3 is 2.69 bits per heavy atom. The molecular formula is C11H12Cl2N2O. The van der Waals surface area contributed by atoms with Crippen LogP contribution in [0.4, 0.5) is 0 Å². The normalized spacial score (nSPS) is 24.5. The molecular weight excluding hydrogens is 247 g/mol. The Labute approximate surface area is 104 Å². The van der Waals surface area contributed by atoms with Crippen LogP contribution in [0.5, 0.6) is 0 Å². The molecule has 1 fully saturated rings. The predicted molar refractivity (Wildman–Crippen MR) is 64.6 cm³/mol. The summed E-state index contributed by atoms with van der Waals surface area (Å²) in [5.41, 5.74) is 6.65. The molecule has 1 amide bonds. The molecule has 3 nitrogen and oxygen atoms in total. The van der Waals surface area contributed by atoms with Crippen molar-refractivity contribution in [2.45, 2.75) is 19.0 Å². The van der Waals surface area contributed by atoms with Gasteiger partial charge in [-0.05, 0) is 24.6 Å². The van der Waals surface area contributed by atoms with Gasteiger partial charge in [-0.1, -0.05) is 29.3 Å². The van der Waals surface area contributed by atoms with Crippen LogP contribution < -0.4 is 5.73 Å². The summed E-state index contributed by atoms with van der Waals surface area (Å²) in [7, 11) is 0. The van der Waals surface area contributed by atoms with Crippen molar-refractivity contribution in [3.63, 3.8) is 0 Å². The zero-order valence-corrected chi connectivity index (χ0v) is 10.3. The minimum Gasteiger partial charge on any atom is -0.332 e. The fourth-order valence-corrected chi connectivity index (χ4v) is 2.55. The van der Waals surface area contributed by atoms with Crippen LogP contribution in [0.25, 0.3) is 0 Å². The first-order chi connectivity index (χ1) is 7.56. The van der Waals surface area contributed by atoms with Crippen molar-refractivity contribution in [2.24, 2.45) is 5.73 Å². The topological polar surface area (TPSA) is 46.3 Å². The second-order valence-corrected chi connectivity index (χ2v) is 4.60. The van der Waals surface area contributed by atoms with Crippen LogP contribution in [0.3, 0.4) is 0 Å². The molecule has 1 aliphatic heterocycles. The molecule has 5 heteroatoms. The monoisotopic (exact) mass is 258 g/mol. The molecule has 2 N–H and O–H groups in total. The van der Waals surface area contributed by atoms with Gasteiger partial charge in [0.25, 0.3) is 0 Å². The lowest BCUT2D eigenvalue weighted by molar-refractivity contribution is -0.149. The van der Waals surface area contributed by atoms with E-state index in [0.717, 1.165) is 5.56 Å². The van der Waals surface area contributed by atoms with E-state index in [2.05, 4.69) is 0 Å². The zero-order valence-electron chi connectivity index (χ0n) is 8.78. The fraction of sp³-hybridized carbons (Fsp3) is 0.364. The van der Waals surface area contributed by atoms with Gasteiger partial charge >= 0.3 is 0 Å². The van der Waals surface area contributed by atoms with Crippen LogP contribution >= 0.6 is 23.2 Å². The summed E-state index contributed by atoms with van der Waals surface area (Å²) in [5.74, 6) is -0.0292. The predicted octanol–water partition coefficient (Wildman–Crippen LogP) is 2.22. The molecule has 0 spiro atoms. The lowest BCUT2D eigenvalue weighted by Crippen LogP contribution is -2.62. The molecule has 1 aliphatic rings. The van der Waals surface area contributed by atoms with Gasteiger partial charge in [0.2, 0.25) is 5.91 Å². The van der Waals surface area contributed by atoms with Crippen molar-refractivity contribution >= 4 is 29.1 Å². The van der Waals surface area contributed by atoms with Gasteiger partial charge in [-0.15, -0.1) is 0 Å². The van der Waals surface area contributed by atoms with Gasteiger partial charge in [0.15, 0.2) is 0 Å². The highest BCUT2D eigenvalue weighted by Crippen LogP contribution is 2.37. The number of carbonyl (C=O) groups is 1. The summed E-state index contributed by atoms with van der Waals surface area (Å²) >= 11 is 11.9. The van der Waals surface area contributed by atoms with Gasteiger partial charge in [0.05, 0.1) is 6.04 Å². The fourth-order valence-electron chi connectivity index (χ4n) is 2.03. The summed E-state index contributed by atoms with van der Waals surface area (Å²) in [5, 5.41) is 1.13. The highest BCUT2D eigenvalue weighted by Gasteiger charge is 2.45. The molecule has 0 saturated carbocycles. The largest absolute Gasteiger partial charge is 0.332 e. The van der Waals surface area contributed by atoms with E-state index in [1.807, 2.05) is 13.0 Å². The SMILES string of the molecule is CCN1C(=O)[C@@H](N)[C@@H]1c1ccc(Cl)cc1Cl. The molecule has 0 bridgehead atoms. The van der Waals surface area contributed by atoms with E-state index < -0.39 is 6.04 Å². The molecule has 2 atom stereocenters. The Balaban J connectivity index is 2.34. The number of β-lactam (4-membered cyclic amide) rings is 1. The highest BCUT2D eigenvalue weighted by molar-refractivity contribution is 6.35. The van der Waals surface area contributed by atoms with E-state index in [0.29, 0.717) is 16.6 Å². The Bertz CT molecular complexity index is 436. The first-order valence-corrected chi connectivity index (χ1v) is 5.83. The Hall–Kier alpha value is -0.770. The molecule has 0 radical (unpaired) electrons. The maximum absolute atomic E-state index is 11.5.